The van der Waals surface area contributed by atoms with Gasteiger partial charge in [-0.1, -0.05) is 66.7 Å². The van der Waals surface area contributed by atoms with E-state index in [2.05, 4.69) is 10.6 Å². The first-order valence-electron chi connectivity index (χ1n) is 9.06. The number of amides is 2. The molecule has 4 nitrogen and oxygen atoms in total. The molecule has 2 heterocycles. The standard InChI is InChI=1S/C23H20N2O2S/c26-23(24-16-19-13-14-20(27-19)21-12-7-15-28-21)25-22(17-8-3-1-4-9-17)18-10-5-2-6-11-18/h1-15,22H,16H2,(H2,24,25,26). The molecule has 140 valence electrons. The van der Waals surface area contributed by atoms with E-state index in [1.54, 1.807) is 11.3 Å². The molecular formula is C23H20N2O2S. The van der Waals surface area contributed by atoms with E-state index in [9.17, 15) is 4.79 Å². The average Bonchev–Trinajstić information content (AvgIpc) is 3.43. The molecule has 0 unspecified atom stereocenters. The van der Waals surface area contributed by atoms with Crippen molar-refractivity contribution < 1.29 is 9.21 Å². The summed E-state index contributed by atoms with van der Waals surface area (Å²) < 4.78 is 5.82. The van der Waals surface area contributed by atoms with E-state index in [0.29, 0.717) is 6.54 Å². The second kappa shape index (κ2) is 8.59. The van der Waals surface area contributed by atoms with Gasteiger partial charge in [-0.15, -0.1) is 11.3 Å². The Balaban J connectivity index is 1.42. The van der Waals surface area contributed by atoms with E-state index in [-0.39, 0.29) is 12.1 Å². The third-order valence-corrected chi connectivity index (χ3v) is 5.27. The monoisotopic (exact) mass is 388 g/mol. The summed E-state index contributed by atoms with van der Waals surface area (Å²) in [6.45, 7) is 0.327. The zero-order valence-corrected chi connectivity index (χ0v) is 16.0. The maximum Gasteiger partial charge on any atom is 0.315 e. The summed E-state index contributed by atoms with van der Waals surface area (Å²) >= 11 is 1.62. The summed E-state index contributed by atoms with van der Waals surface area (Å²) in [5, 5.41) is 7.96. The number of nitrogens with one attached hydrogen (secondary N) is 2. The Kier molecular flexibility index (Phi) is 5.54. The molecule has 0 aliphatic carbocycles. The molecule has 0 aliphatic heterocycles. The van der Waals surface area contributed by atoms with Gasteiger partial charge in [-0.05, 0) is 34.7 Å². The topological polar surface area (TPSA) is 54.3 Å². The zero-order valence-electron chi connectivity index (χ0n) is 15.2. The summed E-state index contributed by atoms with van der Waals surface area (Å²) in [6, 6.07) is 27.2. The molecule has 0 spiro atoms. The maximum absolute atomic E-state index is 12.5. The second-order valence-corrected chi connectivity index (χ2v) is 7.27. The minimum atomic E-state index is -0.244. The molecule has 0 bridgehead atoms. The fourth-order valence-electron chi connectivity index (χ4n) is 3.02. The van der Waals surface area contributed by atoms with Gasteiger partial charge in [0.25, 0.3) is 0 Å². The van der Waals surface area contributed by atoms with Crippen molar-refractivity contribution in [3.63, 3.8) is 0 Å². The molecule has 0 aliphatic rings. The van der Waals surface area contributed by atoms with Crippen LogP contribution in [-0.2, 0) is 6.54 Å². The summed E-state index contributed by atoms with van der Waals surface area (Å²) in [4.78, 5) is 13.6. The molecule has 28 heavy (non-hydrogen) atoms. The lowest BCUT2D eigenvalue weighted by Crippen LogP contribution is -2.38. The van der Waals surface area contributed by atoms with Gasteiger partial charge in [-0.25, -0.2) is 4.79 Å². The predicted molar refractivity (Wildman–Crippen MR) is 112 cm³/mol. The van der Waals surface area contributed by atoms with Gasteiger partial charge >= 0.3 is 6.03 Å². The Hall–Kier alpha value is -3.31. The molecule has 5 heteroatoms. The number of thiophene rings is 1. The Morgan fingerprint density at radius 3 is 2.14 bits per heavy atom. The number of rotatable bonds is 6. The normalized spacial score (nSPS) is 10.8. The fraction of sp³-hybridized carbons (Fsp3) is 0.0870. The van der Waals surface area contributed by atoms with Crippen LogP contribution in [0.5, 0.6) is 0 Å². The molecule has 0 saturated heterocycles. The van der Waals surface area contributed by atoms with Crippen LogP contribution in [0.15, 0.2) is 94.7 Å². The molecular weight excluding hydrogens is 368 g/mol. The molecule has 2 amide bonds. The molecule has 0 saturated carbocycles. The second-order valence-electron chi connectivity index (χ2n) is 6.32. The first-order valence-corrected chi connectivity index (χ1v) is 9.94. The highest BCUT2D eigenvalue weighted by molar-refractivity contribution is 7.13. The van der Waals surface area contributed by atoms with Gasteiger partial charge in [-0.3, -0.25) is 0 Å². The summed E-state index contributed by atoms with van der Waals surface area (Å²) in [6.07, 6.45) is 0. The number of benzene rings is 2. The van der Waals surface area contributed by atoms with Gasteiger partial charge in [0.1, 0.15) is 11.5 Å². The summed E-state index contributed by atoms with van der Waals surface area (Å²) in [5.41, 5.74) is 2.06. The lowest BCUT2D eigenvalue weighted by Gasteiger charge is -2.20. The van der Waals surface area contributed by atoms with Gasteiger partial charge in [0.05, 0.1) is 17.5 Å². The summed E-state index contributed by atoms with van der Waals surface area (Å²) in [7, 11) is 0. The molecule has 4 rings (SSSR count). The third-order valence-electron chi connectivity index (χ3n) is 4.39. The van der Waals surface area contributed by atoms with Crippen LogP contribution in [0.2, 0.25) is 0 Å². The van der Waals surface area contributed by atoms with E-state index in [4.69, 9.17) is 4.42 Å². The number of urea groups is 1. The van der Waals surface area contributed by atoms with Crippen LogP contribution in [0.3, 0.4) is 0 Å². The quantitative estimate of drug-likeness (QED) is 0.452. The zero-order chi connectivity index (χ0) is 19.2. The lowest BCUT2D eigenvalue weighted by molar-refractivity contribution is 0.237. The molecule has 4 aromatic rings. The van der Waals surface area contributed by atoms with Crippen molar-refractivity contribution in [2.24, 2.45) is 0 Å². The Bertz CT molecular complexity index is 972. The highest BCUT2D eigenvalue weighted by Crippen LogP contribution is 2.26. The maximum atomic E-state index is 12.5. The average molecular weight is 388 g/mol. The van der Waals surface area contributed by atoms with E-state index >= 15 is 0 Å². The van der Waals surface area contributed by atoms with Crippen molar-refractivity contribution in [3.05, 3.63) is 107 Å². The van der Waals surface area contributed by atoms with Crippen molar-refractivity contribution in [2.45, 2.75) is 12.6 Å². The van der Waals surface area contributed by atoms with Crippen molar-refractivity contribution >= 4 is 17.4 Å². The Morgan fingerprint density at radius 2 is 1.54 bits per heavy atom. The van der Waals surface area contributed by atoms with Crippen LogP contribution in [0.1, 0.15) is 22.9 Å². The number of carbonyl (C=O) groups is 1. The van der Waals surface area contributed by atoms with Gasteiger partial charge < -0.3 is 15.1 Å². The van der Waals surface area contributed by atoms with Gasteiger partial charge in [-0.2, -0.15) is 0 Å². The Morgan fingerprint density at radius 1 is 0.857 bits per heavy atom. The van der Waals surface area contributed by atoms with Crippen LogP contribution >= 0.6 is 11.3 Å². The van der Waals surface area contributed by atoms with Crippen molar-refractivity contribution in [1.29, 1.82) is 0 Å². The van der Waals surface area contributed by atoms with Gasteiger partial charge in [0, 0.05) is 0 Å². The molecule has 2 aromatic heterocycles. The first kappa shape index (κ1) is 18.1. The van der Waals surface area contributed by atoms with Crippen LogP contribution < -0.4 is 10.6 Å². The van der Waals surface area contributed by atoms with Crippen LogP contribution in [-0.4, -0.2) is 6.03 Å². The van der Waals surface area contributed by atoms with Gasteiger partial charge in [0.2, 0.25) is 0 Å². The smallest absolute Gasteiger partial charge is 0.315 e. The number of hydrogen-bond donors (Lipinski definition) is 2. The van der Waals surface area contributed by atoms with E-state index in [1.807, 2.05) is 90.3 Å². The molecule has 2 N–H and O–H groups in total. The van der Waals surface area contributed by atoms with Crippen molar-refractivity contribution in [2.75, 3.05) is 0 Å². The van der Waals surface area contributed by atoms with E-state index in [0.717, 1.165) is 27.5 Å². The highest BCUT2D eigenvalue weighted by Gasteiger charge is 2.16. The molecule has 0 fully saturated rings. The minimum absolute atomic E-state index is 0.222. The number of furan rings is 1. The first-order chi connectivity index (χ1) is 13.8. The van der Waals surface area contributed by atoms with Crippen LogP contribution in [0.4, 0.5) is 4.79 Å². The van der Waals surface area contributed by atoms with Gasteiger partial charge in [0.15, 0.2) is 0 Å². The summed E-state index contributed by atoms with van der Waals surface area (Å²) in [5.74, 6) is 1.54. The van der Waals surface area contributed by atoms with E-state index < -0.39 is 0 Å². The molecule has 0 atom stereocenters. The highest BCUT2D eigenvalue weighted by atomic mass is 32.1. The fourth-order valence-corrected chi connectivity index (χ4v) is 3.71. The molecule has 2 aromatic carbocycles. The SMILES string of the molecule is O=C(NCc1ccc(-c2cccs2)o1)NC(c1ccccc1)c1ccccc1. The van der Waals surface area contributed by atoms with Crippen molar-refractivity contribution in [1.82, 2.24) is 10.6 Å². The van der Waals surface area contributed by atoms with Crippen LogP contribution in [0, 0.1) is 0 Å². The molecule has 0 radical (unpaired) electrons. The number of carbonyl (C=O) groups excluding carboxylic acids is 1. The predicted octanol–water partition coefficient (Wildman–Crippen LogP) is 5.60. The third kappa shape index (κ3) is 4.32. The minimum Gasteiger partial charge on any atom is -0.458 e. The Labute approximate surface area is 167 Å². The van der Waals surface area contributed by atoms with E-state index in [1.165, 1.54) is 0 Å². The largest absolute Gasteiger partial charge is 0.458 e. The van der Waals surface area contributed by atoms with Crippen LogP contribution in [0.25, 0.3) is 10.6 Å². The number of hydrogen-bond acceptors (Lipinski definition) is 3. The van der Waals surface area contributed by atoms with Crippen molar-refractivity contribution in [3.8, 4) is 10.6 Å². The lowest BCUT2D eigenvalue weighted by atomic mass is 9.99.